The normalized spacial score (nSPS) is 12.8. The van der Waals surface area contributed by atoms with Crippen LogP contribution in [0.4, 0.5) is 0 Å². The highest BCUT2D eigenvalue weighted by Gasteiger charge is 2.10. The van der Waals surface area contributed by atoms with Gasteiger partial charge in [0, 0.05) is 6.04 Å². The summed E-state index contributed by atoms with van der Waals surface area (Å²) in [4.78, 5) is 10.3. The fourth-order valence-electron chi connectivity index (χ4n) is 0.869. The Morgan fingerprint density at radius 3 is 3.08 bits per heavy atom. The number of hydrogen-bond acceptors (Lipinski definition) is 4. The molecule has 0 aromatic carbocycles. The van der Waals surface area contributed by atoms with Crippen molar-refractivity contribution in [2.45, 2.75) is 19.5 Å². The van der Waals surface area contributed by atoms with Gasteiger partial charge in [-0.05, 0) is 6.92 Å². The Morgan fingerprint density at radius 2 is 2.58 bits per heavy atom. The van der Waals surface area contributed by atoms with E-state index < -0.39 is 5.97 Å². The number of aromatic nitrogens is 3. The molecule has 0 amide bonds. The fourth-order valence-corrected chi connectivity index (χ4v) is 0.869. The van der Waals surface area contributed by atoms with Crippen molar-refractivity contribution in [3.05, 3.63) is 11.9 Å². The predicted molar refractivity (Wildman–Crippen MR) is 40.3 cm³/mol. The number of carboxylic acids is 1. The van der Waals surface area contributed by atoms with Crippen LogP contribution >= 0.6 is 0 Å². The molecule has 6 nitrogen and oxygen atoms in total. The van der Waals surface area contributed by atoms with Crippen LogP contribution in [0.1, 0.15) is 18.7 Å². The van der Waals surface area contributed by atoms with E-state index in [0.717, 1.165) is 0 Å². The van der Waals surface area contributed by atoms with Gasteiger partial charge in [-0.1, -0.05) is 5.21 Å². The van der Waals surface area contributed by atoms with Gasteiger partial charge in [0.25, 0.3) is 0 Å². The van der Waals surface area contributed by atoms with Gasteiger partial charge in [-0.3, -0.25) is 4.79 Å². The molecular formula is C6H10N4O2. The molecule has 0 aliphatic carbocycles. The van der Waals surface area contributed by atoms with Crippen LogP contribution in [-0.4, -0.2) is 26.1 Å². The van der Waals surface area contributed by atoms with Crippen LogP contribution in [0.5, 0.6) is 0 Å². The van der Waals surface area contributed by atoms with Crippen molar-refractivity contribution in [1.82, 2.24) is 15.0 Å². The van der Waals surface area contributed by atoms with E-state index in [2.05, 4.69) is 10.3 Å². The van der Waals surface area contributed by atoms with Gasteiger partial charge in [-0.2, -0.15) is 0 Å². The maximum atomic E-state index is 10.3. The smallest absolute Gasteiger partial charge is 0.325 e. The Balaban J connectivity index is 2.84. The second-order valence-electron chi connectivity index (χ2n) is 2.50. The van der Waals surface area contributed by atoms with E-state index >= 15 is 0 Å². The molecule has 0 bridgehead atoms. The molecule has 0 saturated carbocycles. The zero-order valence-corrected chi connectivity index (χ0v) is 6.64. The Bertz CT molecular complexity index is 281. The van der Waals surface area contributed by atoms with Crippen LogP contribution in [-0.2, 0) is 11.3 Å². The van der Waals surface area contributed by atoms with Crippen molar-refractivity contribution in [2.75, 3.05) is 0 Å². The van der Waals surface area contributed by atoms with Crippen molar-refractivity contribution in [3.63, 3.8) is 0 Å². The third kappa shape index (κ3) is 1.79. The standard InChI is InChI=1S/C6H10N4O2/c1-4(7)5-2-8-9-10(5)3-6(11)12/h2,4H,3,7H2,1H3,(H,11,12)/t4-/m0/s1. The van der Waals surface area contributed by atoms with E-state index in [9.17, 15) is 4.79 Å². The van der Waals surface area contributed by atoms with Crippen LogP contribution in [0.3, 0.4) is 0 Å². The number of aliphatic carboxylic acids is 1. The van der Waals surface area contributed by atoms with Crippen molar-refractivity contribution in [1.29, 1.82) is 0 Å². The fraction of sp³-hybridized carbons (Fsp3) is 0.500. The average molecular weight is 170 g/mol. The molecule has 1 atom stereocenters. The van der Waals surface area contributed by atoms with Gasteiger partial charge in [0.15, 0.2) is 0 Å². The summed E-state index contributed by atoms with van der Waals surface area (Å²) < 4.78 is 1.27. The summed E-state index contributed by atoms with van der Waals surface area (Å²) in [7, 11) is 0. The lowest BCUT2D eigenvalue weighted by atomic mass is 10.3. The highest BCUT2D eigenvalue weighted by atomic mass is 16.4. The van der Waals surface area contributed by atoms with Crippen LogP contribution in [0, 0.1) is 0 Å². The van der Waals surface area contributed by atoms with Crippen molar-refractivity contribution < 1.29 is 9.90 Å². The van der Waals surface area contributed by atoms with Crippen LogP contribution in [0.2, 0.25) is 0 Å². The molecular weight excluding hydrogens is 160 g/mol. The minimum atomic E-state index is -0.956. The third-order valence-corrected chi connectivity index (χ3v) is 1.40. The second kappa shape index (κ2) is 3.31. The Hall–Kier alpha value is -1.43. The highest BCUT2D eigenvalue weighted by Crippen LogP contribution is 2.05. The monoisotopic (exact) mass is 170 g/mol. The van der Waals surface area contributed by atoms with Crippen LogP contribution in [0.25, 0.3) is 0 Å². The quantitative estimate of drug-likeness (QED) is 0.630. The first-order valence-electron chi connectivity index (χ1n) is 3.47. The van der Waals surface area contributed by atoms with E-state index in [1.165, 1.54) is 10.9 Å². The van der Waals surface area contributed by atoms with Crippen LogP contribution < -0.4 is 5.73 Å². The van der Waals surface area contributed by atoms with E-state index in [-0.39, 0.29) is 12.6 Å². The molecule has 1 rings (SSSR count). The minimum absolute atomic E-state index is 0.198. The SMILES string of the molecule is C[C@H](N)c1cnnn1CC(=O)O. The molecule has 1 aromatic rings. The summed E-state index contributed by atoms with van der Waals surface area (Å²) in [6.07, 6.45) is 1.47. The van der Waals surface area contributed by atoms with E-state index in [0.29, 0.717) is 5.69 Å². The molecule has 0 fully saturated rings. The van der Waals surface area contributed by atoms with Gasteiger partial charge in [-0.25, -0.2) is 4.68 Å². The van der Waals surface area contributed by atoms with E-state index in [1.54, 1.807) is 6.92 Å². The molecule has 66 valence electrons. The second-order valence-corrected chi connectivity index (χ2v) is 2.50. The molecule has 12 heavy (non-hydrogen) atoms. The van der Waals surface area contributed by atoms with Gasteiger partial charge >= 0.3 is 5.97 Å². The molecule has 0 spiro atoms. The Kier molecular flexibility index (Phi) is 2.39. The topological polar surface area (TPSA) is 94.0 Å². The Morgan fingerprint density at radius 1 is 1.92 bits per heavy atom. The third-order valence-electron chi connectivity index (χ3n) is 1.40. The van der Waals surface area contributed by atoms with Gasteiger partial charge in [0.2, 0.25) is 0 Å². The summed E-state index contributed by atoms with van der Waals surface area (Å²) in [6, 6.07) is -0.251. The number of nitrogens with zero attached hydrogens (tertiary/aromatic N) is 3. The van der Waals surface area contributed by atoms with Gasteiger partial charge in [0.1, 0.15) is 6.54 Å². The first-order chi connectivity index (χ1) is 5.61. The molecule has 3 N–H and O–H groups in total. The number of carbonyl (C=O) groups is 1. The van der Waals surface area contributed by atoms with E-state index in [1.807, 2.05) is 0 Å². The zero-order chi connectivity index (χ0) is 9.14. The first-order valence-corrected chi connectivity index (χ1v) is 3.47. The molecule has 0 aliphatic rings. The lowest BCUT2D eigenvalue weighted by Gasteiger charge is -2.05. The molecule has 1 aromatic heterocycles. The lowest BCUT2D eigenvalue weighted by Crippen LogP contribution is -2.17. The number of nitrogens with two attached hydrogens (primary N) is 1. The summed E-state index contributed by atoms with van der Waals surface area (Å²) in [6.45, 7) is 1.55. The number of carboxylic acid groups (broad SMARTS) is 1. The van der Waals surface area contributed by atoms with Gasteiger partial charge in [0.05, 0.1) is 11.9 Å². The summed E-state index contributed by atoms with van der Waals surface area (Å²) in [5.74, 6) is -0.956. The largest absolute Gasteiger partial charge is 0.480 e. The maximum absolute atomic E-state index is 10.3. The predicted octanol–water partition coefficient (Wildman–Crippen LogP) is -0.618. The maximum Gasteiger partial charge on any atom is 0.325 e. The minimum Gasteiger partial charge on any atom is -0.480 e. The molecule has 6 heteroatoms. The molecule has 0 radical (unpaired) electrons. The van der Waals surface area contributed by atoms with Crippen molar-refractivity contribution >= 4 is 5.97 Å². The average Bonchev–Trinajstić information content (AvgIpc) is 2.33. The van der Waals surface area contributed by atoms with Gasteiger partial charge in [-0.15, -0.1) is 5.10 Å². The van der Waals surface area contributed by atoms with Crippen molar-refractivity contribution in [2.24, 2.45) is 5.73 Å². The number of hydrogen-bond donors (Lipinski definition) is 2. The zero-order valence-electron chi connectivity index (χ0n) is 6.64. The molecule has 0 saturated heterocycles. The van der Waals surface area contributed by atoms with Crippen LogP contribution in [0.15, 0.2) is 6.20 Å². The summed E-state index contributed by atoms with van der Waals surface area (Å²) in [5, 5.41) is 15.6. The lowest BCUT2D eigenvalue weighted by molar-refractivity contribution is -0.138. The van der Waals surface area contributed by atoms with E-state index in [4.69, 9.17) is 10.8 Å². The summed E-state index contributed by atoms with van der Waals surface area (Å²) in [5.41, 5.74) is 6.16. The molecule has 0 unspecified atom stereocenters. The van der Waals surface area contributed by atoms with Crippen molar-refractivity contribution in [3.8, 4) is 0 Å². The summed E-state index contributed by atoms with van der Waals surface area (Å²) >= 11 is 0. The molecule has 1 heterocycles. The highest BCUT2D eigenvalue weighted by molar-refractivity contribution is 5.66. The first kappa shape index (κ1) is 8.66. The Labute approximate surface area is 69.0 Å². The number of rotatable bonds is 3. The molecule has 0 aliphatic heterocycles. The van der Waals surface area contributed by atoms with Gasteiger partial charge < -0.3 is 10.8 Å².